The molecule has 0 fully saturated rings. The van der Waals surface area contributed by atoms with Crippen LogP contribution in [0.1, 0.15) is 12.6 Å². The van der Waals surface area contributed by atoms with Gasteiger partial charge in [0.25, 0.3) is 0 Å². The highest BCUT2D eigenvalue weighted by Crippen LogP contribution is 2.09. The summed E-state index contributed by atoms with van der Waals surface area (Å²) in [5.41, 5.74) is 0.663. The topological polar surface area (TPSA) is 113 Å². The highest BCUT2D eigenvalue weighted by Gasteiger charge is 2.23. The smallest absolute Gasteiger partial charge is 0.309 e. The fourth-order valence-electron chi connectivity index (χ4n) is 1.20. The highest BCUT2D eigenvalue weighted by molar-refractivity contribution is 7.92. The first-order chi connectivity index (χ1) is 8.70. The minimum absolute atomic E-state index is 0.214. The Labute approximate surface area is 110 Å². The van der Waals surface area contributed by atoms with Crippen LogP contribution in [0, 0.1) is 0 Å². The molecule has 1 heterocycles. The molecule has 1 atom stereocenters. The number of rotatable bonds is 5. The Morgan fingerprint density at radius 3 is 2.47 bits per heavy atom. The number of aromatic nitrogens is 1. The van der Waals surface area contributed by atoms with Gasteiger partial charge < -0.3 is 10.4 Å². The summed E-state index contributed by atoms with van der Waals surface area (Å²) >= 11 is 0. The second kappa shape index (κ2) is 5.79. The fourth-order valence-corrected chi connectivity index (χ4v) is 1.64. The summed E-state index contributed by atoms with van der Waals surface area (Å²) in [5.74, 6) is -1.66. The Bertz CT molecular complexity index is 580. The molecule has 1 amide bonds. The molecule has 0 saturated heterocycles. The molecule has 0 aliphatic carbocycles. The van der Waals surface area contributed by atoms with Crippen molar-refractivity contribution < 1.29 is 23.1 Å². The number of hydrogen-bond acceptors (Lipinski definition) is 5. The van der Waals surface area contributed by atoms with Gasteiger partial charge in [-0.05, 0) is 19.1 Å². The molecular formula is C11H14N2O5S. The molecule has 1 aromatic rings. The molecule has 19 heavy (non-hydrogen) atoms. The van der Waals surface area contributed by atoms with Crippen molar-refractivity contribution >= 4 is 27.4 Å². The number of aliphatic carboxylic acids is 1. The van der Waals surface area contributed by atoms with Gasteiger partial charge in [0.05, 0.1) is 24.0 Å². The molecular weight excluding hydrogens is 272 g/mol. The summed E-state index contributed by atoms with van der Waals surface area (Å²) in [6.45, 7) is 1.29. The van der Waals surface area contributed by atoms with E-state index in [-0.39, 0.29) is 6.42 Å². The number of carboxylic acid groups (broad SMARTS) is 1. The quantitative estimate of drug-likeness (QED) is 0.792. The summed E-state index contributed by atoms with van der Waals surface area (Å²) in [6.07, 6.45) is 2.05. The van der Waals surface area contributed by atoms with Crippen LogP contribution in [-0.4, -0.2) is 41.9 Å². The van der Waals surface area contributed by atoms with Crippen LogP contribution < -0.4 is 5.32 Å². The standard InChI is InChI=1S/C11H14N2O5S/c1-7(19(2,17)18)11(16)13-9-4-3-8(12-6-9)5-10(14)15/h3-4,6-7H,5H2,1-2H3,(H,13,16)(H,14,15). The van der Waals surface area contributed by atoms with Crippen molar-refractivity contribution in [1.82, 2.24) is 4.98 Å². The average molecular weight is 286 g/mol. The van der Waals surface area contributed by atoms with Crippen LogP contribution in [0.15, 0.2) is 18.3 Å². The third-order valence-corrected chi connectivity index (χ3v) is 3.93. The zero-order valence-corrected chi connectivity index (χ0v) is 11.3. The van der Waals surface area contributed by atoms with E-state index < -0.39 is 27.0 Å². The fraction of sp³-hybridized carbons (Fsp3) is 0.364. The van der Waals surface area contributed by atoms with Crippen LogP contribution in [0.25, 0.3) is 0 Å². The van der Waals surface area contributed by atoms with Crippen molar-refractivity contribution in [2.75, 3.05) is 11.6 Å². The van der Waals surface area contributed by atoms with E-state index in [2.05, 4.69) is 10.3 Å². The number of nitrogens with one attached hydrogen (secondary N) is 1. The third-order valence-electron chi connectivity index (χ3n) is 2.44. The summed E-state index contributed by atoms with van der Waals surface area (Å²) < 4.78 is 22.4. The van der Waals surface area contributed by atoms with E-state index in [9.17, 15) is 18.0 Å². The Hall–Kier alpha value is -1.96. The van der Waals surface area contributed by atoms with E-state index >= 15 is 0 Å². The van der Waals surface area contributed by atoms with Crippen molar-refractivity contribution in [3.05, 3.63) is 24.0 Å². The van der Waals surface area contributed by atoms with E-state index in [1.165, 1.54) is 25.3 Å². The lowest BCUT2D eigenvalue weighted by Gasteiger charge is -2.10. The minimum Gasteiger partial charge on any atom is -0.481 e. The lowest BCUT2D eigenvalue weighted by Crippen LogP contribution is -2.31. The van der Waals surface area contributed by atoms with Gasteiger partial charge in [-0.15, -0.1) is 0 Å². The Balaban J connectivity index is 2.73. The first-order valence-corrected chi connectivity index (χ1v) is 7.32. The predicted molar refractivity (Wildman–Crippen MR) is 68.5 cm³/mol. The lowest BCUT2D eigenvalue weighted by molar-refractivity contribution is -0.136. The number of anilines is 1. The predicted octanol–water partition coefficient (Wildman–Crippen LogP) is 0.0803. The maximum Gasteiger partial charge on any atom is 0.309 e. The Kier molecular flexibility index (Phi) is 4.60. The molecule has 0 saturated carbocycles. The van der Waals surface area contributed by atoms with Crippen molar-refractivity contribution in [3.63, 3.8) is 0 Å². The summed E-state index contributed by atoms with van der Waals surface area (Å²) in [6, 6.07) is 2.92. The van der Waals surface area contributed by atoms with Crippen molar-refractivity contribution in [3.8, 4) is 0 Å². The second-order valence-corrected chi connectivity index (χ2v) is 6.44. The van der Waals surface area contributed by atoms with Gasteiger partial charge in [-0.1, -0.05) is 0 Å². The molecule has 0 aliphatic heterocycles. The second-order valence-electron chi connectivity index (χ2n) is 4.07. The first-order valence-electron chi connectivity index (χ1n) is 5.36. The number of carbonyl (C=O) groups is 2. The maximum atomic E-state index is 11.6. The zero-order valence-electron chi connectivity index (χ0n) is 10.5. The van der Waals surface area contributed by atoms with Gasteiger partial charge in [0, 0.05) is 6.26 Å². The first kappa shape index (κ1) is 15.1. The SMILES string of the molecule is CC(C(=O)Nc1ccc(CC(=O)O)nc1)S(C)(=O)=O. The van der Waals surface area contributed by atoms with Crippen LogP contribution in [0.2, 0.25) is 0 Å². The minimum atomic E-state index is -3.46. The molecule has 7 nitrogen and oxygen atoms in total. The van der Waals surface area contributed by atoms with Gasteiger partial charge in [0.1, 0.15) is 5.25 Å². The number of nitrogens with zero attached hydrogens (tertiary/aromatic N) is 1. The van der Waals surface area contributed by atoms with Crippen LogP contribution in [0.5, 0.6) is 0 Å². The van der Waals surface area contributed by atoms with Crippen molar-refractivity contribution in [2.45, 2.75) is 18.6 Å². The van der Waals surface area contributed by atoms with Gasteiger partial charge >= 0.3 is 5.97 Å². The molecule has 0 bridgehead atoms. The average Bonchev–Trinajstić information content (AvgIpc) is 2.28. The van der Waals surface area contributed by atoms with Gasteiger partial charge in [0.2, 0.25) is 5.91 Å². The number of amides is 1. The van der Waals surface area contributed by atoms with Crippen molar-refractivity contribution in [2.24, 2.45) is 0 Å². The summed E-state index contributed by atoms with van der Waals surface area (Å²) in [4.78, 5) is 25.9. The number of carboxylic acids is 1. The highest BCUT2D eigenvalue weighted by atomic mass is 32.2. The molecule has 0 radical (unpaired) electrons. The molecule has 0 spiro atoms. The monoisotopic (exact) mass is 286 g/mol. The molecule has 0 aromatic carbocycles. The van der Waals surface area contributed by atoms with E-state index in [0.29, 0.717) is 11.4 Å². The lowest BCUT2D eigenvalue weighted by atomic mass is 10.2. The number of hydrogen-bond donors (Lipinski definition) is 2. The van der Waals surface area contributed by atoms with Crippen LogP contribution in [0.4, 0.5) is 5.69 Å². The van der Waals surface area contributed by atoms with Crippen LogP contribution >= 0.6 is 0 Å². The molecule has 8 heteroatoms. The summed E-state index contributed by atoms with van der Waals surface area (Å²) in [5, 5.41) is 9.81. The van der Waals surface area contributed by atoms with E-state index in [4.69, 9.17) is 5.11 Å². The van der Waals surface area contributed by atoms with Gasteiger partial charge in [-0.3, -0.25) is 14.6 Å². The van der Waals surface area contributed by atoms with Gasteiger partial charge in [0.15, 0.2) is 9.84 Å². The van der Waals surface area contributed by atoms with E-state index in [1.54, 1.807) is 0 Å². The van der Waals surface area contributed by atoms with E-state index in [1.807, 2.05) is 0 Å². The molecule has 1 unspecified atom stereocenters. The van der Waals surface area contributed by atoms with Gasteiger partial charge in [-0.2, -0.15) is 0 Å². The summed E-state index contributed by atoms with van der Waals surface area (Å²) in [7, 11) is -3.46. The molecule has 0 aliphatic rings. The third kappa shape index (κ3) is 4.66. The van der Waals surface area contributed by atoms with Crippen LogP contribution in [0.3, 0.4) is 0 Å². The molecule has 1 aromatic heterocycles. The zero-order chi connectivity index (χ0) is 14.6. The Morgan fingerprint density at radius 2 is 2.05 bits per heavy atom. The van der Waals surface area contributed by atoms with Gasteiger partial charge in [-0.25, -0.2) is 8.42 Å². The Morgan fingerprint density at radius 1 is 1.42 bits per heavy atom. The normalized spacial score (nSPS) is 12.7. The number of pyridine rings is 1. The van der Waals surface area contributed by atoms with Crippen LogP contribution in [-0.2, 0) is 25.8 Å². The largest absolute Gasteiger partial charge is 0.481 e. The molecule has 104 valence electrons. The van der Waals surface area contributed by atoms with E-state index in [0.717, 1.165) is 6.26 Å². The maximum absolute atomic E-state index is 11.6. The molecule has 2 N–H and O–H groups in total. The van der Waals surface area contributed by atoms with Crippen molar-refractivity contribution in [1.29, 1.82) is 0 Å². The number of carbonyl (C=O) groups excluding carboxylic acids is 1. The molecule has 1 rings (SSSR count). The number of sulfone groups is 1.